The number of hydrogen-bond donors (Lipinski definition) is 0. The summed E-state index contributed by atoms with van der Waals surface area (Å²) in [5.74, 6) is 0.599. The van der Waals surface area contributed by atoms with Gasteiger partial charge in [0.2, 0.25) is 0 Å². The van der Waals surface area contributed by atoms with Gasteiger partial charge in [0.25, 0.3) is 0 Å². The molecule has 0 saturated carbocycles. The van der Waals surface area contributed by atoms with Gasteiger partial charge in [0.05, 0.1) is 12.7 Å². The van der Waals surface area contributed by atoms with E-state index in [0.717, 1.165) is 21.8 Å². The molecule has 16 heavy (non-hydrogen) atoms. The van der Waals surface area contributed by atoms with Gasteiger partial charge in [-0.15, -0.1) is 11.8 Å². The fourth-order valence-electron chi connectivity index (χ4n) is 1.74. The summed E-state index contributed by atoms with van der Waals surface area (Å²) in [6.45, 7) is 1.82. The van der Waals surface area contributed by atoms with E-state index in [2.05, 4.69) is 0 Å². The zero-order chi connectivity index (χ0) is 11.7. The summed E-state index contributed by atoms with van der Waals surface area (Å²) in [6, 6.07) is 3.55. The van der Waals surface area contributed by atoms with E-state index in [1.807, 2.05) is 6.92 Å². The summed E-state index contributed by atoms with van der Waals surface area (Å²) < 4.78 is 4.70. The molecule has 1 aromatic carbocycles. The second-order valence-corrected chi connectivity index (χ2v) is 4.81. The minimum atomic E-state index is -0.348. The van der Waals surface area contributed by atoms with Crippen molar-refractivity contribution in [2.45, 2.75) is 18.2 Å². The monoisotopic (exact) mass is 236 g/mol. The highest BCUT2D eigenvalue weighted by Crippen LogP contribution is 2.32. The highest BCUT2D eigenvalue weighted by molar-refractivity contribution is 7.99. The van der Waals surface area contributed by atoms with Crippen LogP contribution in [-0.4, -0.2) is 24.6 Å². The van der Waals surface area contributed by atoms with Gasteiger partial charge in [-0.2, -0.15) is 0 Å². The quantitative estimate of drug-likeness (QED) is 0.702. The molecular formula is C12H12O3S. The molecule has 0 amide bonds. The number of hydrogen-bond acceptors (Lipinski definition) is 4. The lowest BCUT2D eigenvalue weighted by atomic mass is 10.0. The number of rotatable bonds is 1. The Hall–Kier alpha value is -1.29. The van der Waals surface area contributed by atoms with E-state index < -0.39 is 0 Å². The van der Waals surface area contributed by atoms with Gasteiger partial charge in [0, 0.05) is 22.6 Å². The lowest BCUT2D eigenvalue weighted by molar-refractivity contribution is 0.0599. The van der Waals surface area contributed by atoms with Crippen LogP contribution in [0.5, 0.6) is 0 Å². The number of ether oxygens (including phenoxy) is 1. The van der Waals surface area contributed by atoms with Crippen LogP contribution in [0.3, 0.4) is 0 Å². The molecule has 0 N–H and O–H groups in total. The van der Waals surface area contributed by atoms with Crippen LogP contribution in [0.25, 0.3) is 0 Å². The molecule has 0 bridgehead atoms. The van der Waals surface area contributed by atoms with Gasteiger partial charge in [0.15, 0.2) is 5.78 Å². The Kier molecular flexibility index (Phi) is 3.01. The number of ketones is 1. The Labute approximate surface area is 98.2 Å². The molecule has 4 heteroatoms. The maximum Gasteiger partial charge on any atom is 0.338 e. The predicted molar refractivity (Wildman–Crippen MR) is 62.2 cm³/mol. The standard InChI is InChI=1S/C12H12O3S/c1-7-5-9-10(13)3-4-16-11(9)6-8(7)12(14)15-2/h5-6H,3-4H2,1-2H3. The van der Waals surface area contributed by atoms with Crippen molar-refractivity contribution in [3.63, 3.8) is 0 Å². The van der Waals surface area contributed by atoms with Crippen LogP contribution in [0.2, 0.25) is 0 Å². The minimum Gasteiger partial charge on any atom is -0.465 e. The zero-order valence-corrected chi connectivity index (χ0v) is 10.0. The van der Waals surface area contributed by atoms with Crippen molar-refractivity contribution < 1.29 is 14.3 Å². The molecule has 0 atom stereocenters. The molecule has 0 aliphatic carbocycles. The van der Waals surface area contributed by atoms with Crippen molar-refractivity contribution in [3.05, 3.63) is 28.8 Å². The van der Waals surface area contributed by atoms with Crippen molar-refractivity contribution in [2.75, 3.05) is 12.9 Å². The highest BCUT2D eigenvalue weighted by atomic mass is 32.2. The lowest BCUT2D eigenvalue weighted by Crippen LogP contribution is -2.12. The number of benzene rings is 1. The Morgan fingerprint density at radius 3 is 2.88 bits per heavy atom. The summed E-state index contributed by atoms with van der Waals surface area (Å²) in [7, 11) is 1.36. The molecular weight excluding hydrogens is 224 g/mol. The second kappa shape index (κ2) is 4.29. The molecule has 1 aliphatic heterocycles. The Morgan fingerprint density at radius 1 is 1.44 bits per heavy atom. The number of thioether (sulfide) groups is 1. The van der Waals surface area contributed by atoms with Crippen LogP contribution in [0.15, 0.2) is 17.0 Å². The van der Waals surface area contributed by atoms with Crippen LogP contribution >= 0.6 is 11.8 Å². The highest BCUT2D eigenvalue weighted by Gasteiger charge is 2.21. The molecule has 1 aliphatic rings. The third-order valence-corrected chi connectivity index (χ3v) is 3.68. The zero-order valence-electron chi connectivity index (χ0n) is 9.20. The van der Waals surface area contributed by atoms with E-state index in [9.17, 15) is 9.59 Å². The molecule has 1 heterocycles. The fraction of sp³-hybridized carbons (Fsp3) is 0.333. The van der Waals surface area contributed by atoms with E-state index in [-0.39, 0.29) is 11.8 Å². The summed E-state index contributed by atoms with van der Waals surface area (Å²) in [4.78, 5) is 24.0. The van der Waals surface area contributed by atoms with Crippen LogP contribution in [-0.2, 0) is 4.74 Å². The fourth-order valence-corrected chi connectivity index (χ4v) is 2.78. The molecule has 2 rings (SSSR count). The molecule has 0 fully saturated rings. The van der Waals surface area contributed by atoms with E-state index >= 15 is 0 Å². The summed E-state index contributed by atoms with van der Waals surface area (Å²) >= 11 is 1.61. The average molecular weight is 236 g/mol. The molecule has 0 spiro atoms. The van der Waals surface area contributed by atoms with Crippen molar-refractivity contribution in [1.82, 2.24) is 0 Å². The first-order chi connectivity index (χ1) is 7.63. The van der Waals surface area contributed by atoms with E-state index in [4.69, 9.17) is 4.74 Å². The molecule has 0 radical (unpaired) electrons. The molecule has 1 aromatic rings. The Bertz CT molecular complexity index is 466. The van der Waals surface area contributed by atoms with Crippen LogP contribution in [0.4, 0.5) is 0 Å². The largest absolute Gasteiger partial charge is 0.465 e. The van der Waals surface area contributed by atoms with Crippen molar-refractivity contribution in [1.29, 1.82) is 0 Å². The number of methoxy groups -OCH3 is 1. The third-order valence-electron chi connectivity index (χ3n) is 2.62. The number of carbonyl (C=O) groups excluding carboxylic acids is 2. The first-order valence-corrected chi connectivity index (χ1v) is 6.01. The van der Waals surface area contributed by atoms with Crippen LogP contribution in [0, 0.1) is 6.92 Å². The van der Waals surface area contributed by atoms with E-state index in [1.165, 1.54) is 7.11 Å². The van der Waals surface area contributed by atoms with E-state index in [0.29, 0.717) is 12.0 Å². The van der Waals surface area contributed by atoms with Crippen molar-refractivity contribution in [2.24, 2.45) is 0 Å². The first kappa shape index (κ1) is 11.2. The molecule has 84 valence electrons. The maximum absolute atomic E-state index is 11.7. The molecule has 0 unspecified atom stereocenters. The SMILES string of the molecule is COC(=O)c1cc2c(cc1C)C(=O)CCS2. The van der Waals surface area contributed by atoms with Gasteiger partial charge >= 0.3 is 5.97 Å². The second-order valence-electron chi connectivity index (χ2n) is 3.68. The van der Waals surface area contributed by atoms with Crippen molar-refractivity contribution >= 4 is 23.5 Å². The maximum atomic E-state index is 11.7. The summed E-state index contributed by atoms with van der Waals surface area (Å²) in [5.41, 5.74) is 2.08. The molecule has 0 aromatic heterocycles. The first-order valence-electron chi connectivity index (χ1n) is 5.02. The summed E-state index contributed by atoms with van der Waals surface area (Å²) in [5, 5.41) is 0. The third kappa shape index (κ3) is 1.85. The van der Waals surface area contributed by atoms with Gasteiger partial charge < -0.3 is 4.74 Å². The number of esters is 1. The molecule has 0 saturated heterocycles. The smallest absolute Gasteiger partial charge is 0.338 e. The number of carbonyl (C=O) groups is 2. The normalized spacial score (nSPS) is 14.5. The van der Waals surface area contributed by atoms with Crippen LogP contribution in [0.1, 0.15) is 32.7 Å². The van der Waals surface area contributed by atoms with Gasteiger partial charge in [-0.25, -0.2) is 4.79 Å². The molecule has 3 nitrogen and oxygen atoms in total. The van der Waals surface area contributed by atoms with Gasteiger partial charge in [-0.05, 0) is 24.6 Å². The number of fused-ring (bicyclic) bond motifs is 1. The van der Waals surface area contributed by atoms with Gasteiger partial charge in [0.1, 0.15) is 0 Å². The topological polar surface area (TPSA) is 43.4 Å². The van der Waals surface area contributed by atoms with E-state index in [1.54, 1.807) is 23.9 Å². The van der Waals surface area contributed by atoms with Gasteiger partial charge in [-0.1, -0.05) is 0 Å². The average Bonchev–Trinajstić information content (AvgIpc) is 2.29. The van der Waals surface area contributed by atoms with Gasteiger partial charge in [-0.3, -0.25) is 4.79 Å². The Morgan fingerprint density at radius 2 is 2.19 bits per heavy atom. The minimum absolute atomic E-state index is 0.160. The lowest BCUT2D eigenvalue weighted by Gasteiger charge is -2.16. The Balaban J connectivity index is 2.52. The van der Waals surface area contributed by atoms with Crippen LogP contribution < -0.4 is 0 Å². The predicted octanol–water partition coefficient (Wildman–Crippen LogP) is 2.46. The van der Waals surface area contributed by atoms with Crippen molar-refractivity contribution in [3.8, 4) is 0 Å². The number of Topliss-reactive ketones (excluding diaryl/α,β-unsaturated/α-hetero) is 1. The number of aryl methyl sites for hydroxylation is 1. The summed E-state index contributed by atoms with van der Waals surface area (Å²) in [6.07, 6.45) is 0.578.